The maximum Gasteiger partial charge on any atom is 0.435 e. The lowest BCUT2D eigenvalue weighted by Gasteiger charge is -2.47. The number of sulfone groups is 1. The average molecular weight is 687 g/mol. The van der Waals surface area contributed by atoms with Crippen LogP contribution in [0.2, 0.25) is 0 Å². The molecule has 1 saturated carbocycles. The number of hydrogen-bond acceptors (Lipinski definition) is 5. The van der Waals surface area contributed by atoms with E-state index in [1.165, 1.54) is 7.05 Å². The number of amides is 1. The van der Waals surface area contributed by atoms with Crippen molar-refractivity contribution in [3.8, 4) is 0 Å². The molecule has 2 aliphatic heterocycles. The first-order valence-electron chi connectivity index (χ1n) is 14.0. The highest BCUT2D eigenvalue weighted by Gasteiger charge is 2.74. The Labute approximate surface area is 256 Å². The summed E-state index contributed by atoms with van der Waals surface area (Å²) in [5.41, 5.74) is -11.2. The van der Waals surface area contributed by atoms with Crippen LogP contribution in [0.5, 0.6) is 0 Å². The summed E-state index contributed by atoms with van der Waals surface area (Å²) in [5.74, 6) is -4.21. The van der Waals surface area contributed by atoms with E-state index in [1.807, 2.05) is 0 Å². The second kappa shape index (κ2) is 10.8. The molecular formula is C29H27F9N2O5S. The quantitative estimate of drug-likeness (QED) is 0.399. The molecule has 2 unspecified atom stereocenters. The minimum Gasteiger partial charge on any atom is -0.481 e. The van der Waals surface area contributed by atoms with Gasteiger partial charge in [-0.25, -0.2) is 21.6 Å². The lowest BCUT2D eigenvalue weighted by Crippen LogP contribution is -2.60. The normalized spacial score (nSPS) is 27.3. The summed E-state index contributed by atoms with van der Waals surface area (Å²) in [7, 11) is -3.69. The Morgan fingerprint density at radius 2 is 1.54 bits per heavy atom. The molecule has 0 radical (unpaired) electrons. The second-order valence-electron chi connectivity index (χ2n) is 12.0. The van der Waals surface area contributed by atoms with Crippen LogP contribution in [-0.2, 0) is 29.8 Å². The summed E-state index contributed by atoms with van der Waals surface area (Å²) in [6.07, 6.45) is -14.8. The molecule has 0 aromatic heterocycles. The second-order valence-corrected chi connectivity index (χ2v) is 14.2. The number of rotatable bonds is 5. The highest BCUT2D eigenvalue weighted by atomic mass is 32.2. The molecule has 7 nitrogen and oxygen atoms in total. The van der Waals surface area contributed by atoms with Crippen molar-refractivity contribution in [3.63, 3.8) is 0 Å². The van der Waals surface area contributed by atoms with Crippen LogP contribution in [0, 0.1) is 11.7 Å². The molecular weight excluding hydrogens is 659 g/mol. The van der Waals surface area contributed by atoms with E-state index in [0.717, 1.165) is 28.0 Å². The number of carboxylic acids is 1. The number of hydrogen-bond donors (Lipinski definition) is 1. The van der Waals surface area contributed by atoms with E-state index >= 15 is 8.78 Å². The first-order chi connectivity index (χ1) is 21.1. The number of carbonyl (C=O) groups is 2. The largest absolute Gasteiger partial charge is 0.481 e. The number of carbonyl (C=O) groups excluding carboxylic acids is 1. The van der Waals surface area contributed by atoms with Crippen molar-refractivity contribution in [1.82, 2.24) is 4.90 Å². The summed E-state index contributed by atoms with van der Waals surface area (Å²) in [6, 6.07) is 3.23. The van der Waals surface area contributed by atoms with E-state index in [-0.39, 0.29) is 30.5 Å². The number of halogens is 9. The number of nitrogens with zero attached hydrogens (tertiary/aromatic N) is 2. The Balaban J connectivity index is 1.68. The number of likely N-dealkylation sites (N-methyl/N-ethyl adjacent to an activating group) is 1. The molecule has 2 heterocycles. The van der Waals surface area contributed by atoms with Crippen LogP contribution in [0.3, 0.4) is 0 Å². The standard InChI is InChI=1S/C29H27F9N2O5S/c1-39-15-22-26(46(44,45)19-4-2-3-18(30)14-19,11-12-40(22)24(43)25(31)9-7-16(8-10-25)23(41)42)20-6-5-17(13-21(20)39)27(32,28(33,34)35)29(36,37)38/h2-6,13-14,16,22H,7-12,15H2,1H3,(H,41,42)/t16-,22?,25+,26?. The van der Waals surface area contributed by atoms with Gasteiger partial charge in [0.25, 0.3) is 5.91 Å². The Kier molecular flexibility index (Phi) is 7.93. The van der Waals surface area contributed by atoms with Crippen molar-refractivity contribution in [1.29, 1.82) is 0 Å². The fourth-order valence-corrected chi connectivity index (χ4v) is 9.35. The topological polar surface area (TPSA) is 95.0 Å². The third-order valence-electron chi connectivity index (χ3n) is 9.49. The van der Waals surface area contributed by atoms with Gasteiger partial charge in [-0.15, -0.1) is 0 Å². The molecule has 1 amide bonds. The minimum absolute atomic E-state index is 0.174. The average Bonchev–Trinajstić information content (AvgIpc) is 3.36. The molecule has 0 spiro atoms. The zero-order valence-corrected chi connectivity index (χ0v) is 24.7. The van der Waals surface area contributed by atoms with Crippen LogP contribution < -0.4 is 4.90 Å². The van der Waals surface area contributed by atoms with E-state index < -0.39 is 116 Å². The molecule has 2 aromatic carbocycles. The van der Waals surface area contributed by atoms with Crippen LogP contribution in [0.25, 0.3) is 0 Å². The predicted octanol–water partition coefficient (Wildman–Crippen LogP) is 5.82. The van der Waals surface area contributed by atoms with Gasteiger partial charge in [-0.1, -0.05) is 18.2 Å². The molecule has 17 heteroatoms. The zero-order chi connectivity index (χ0) is 34.3. The number of benzene rings is 2. The summed E-state index contributed by atoms with van der Waals surface area (Å²) in [5, 5.41) is 9.28. The number of alkyl halides is 8. The van der Waals surface area contributed by atoms with E-state index in [4.69, 9.17) is 0 Å². The van der Waals surface area contributed by atoms with Gasteiger partial charge < -0.3 is 14.9 Å². The lowest BCUT2D eigenvalue weighted by molar-refractivity contribution is -0.348. The fourth-order valence-electron chi connectivity index (χ4n) is 7.03. The van der Waals surface area contributed by atoms with Crippen molar-refractivity contribution < 1.29 is 62.6 Å². The molecule has 2 aromatic rings. The maximum atomic E-state index is 16.2. The molecule has 2 fully saturated rings. The molecule has 1 N–H and O–H groups in total. The monoisotopic (exact) mass is 686 g/mol. The van der Waals surface area contributed by atoms with Crippen molar-refractivity contribution in [2.24, 2.45) is 5.92 Å². The van der Waals surface area contributed by atoms with Gasteiger partial charge in [-0.05, 0) is 61.9 Å². The minimum atomic E-state index is -6.45. The molecule has 46 heavy (non-hydrogen) atoms. The Morgan fingerprint density at radius 3 is 2.09 bits per heavy atom. The predicted molar refractivity (Wildman–Crippen MR) is 143 cm³/mol. The molecule has 5 rings (SSSR count). The van der Waals surface area contributed by atoms with Gasteiger partial charge in [0.2, 0.25) is 0 Å². The summed E-state index contributed by atoms with van der Waals surface area (Å²) in [6.45, 7) is -0.985. The van der Waals surface area contributed by atoms with Crippen LogP contribution >= 0.6 is 0 Å². The molecule has 1 aliphatic carbocycles. The lowest BCUT2D eigenvalue weighted by atomic mass is 9.78. The van der Waals surface area contributed by atoms with Crippen LogP contribution in [0.1, 0.15) is 43.2 Å². The first kappa shape index (κ1) is 33.9. The molecule has 1 saturated heterocycles. The van der Waals surface area contributed by atoms with E-state index in [2.05, 4.69) is 0 Å². The summed E-state index contributed by atoms with van der Waals surface area (Å²) < 4.78 is 154. The number of aliphatic carboxylic acids is 1. The number of fused-ring (bicyclic) bond motifs is 3. The van der Waals surface area contributed by atoms with E-state index in [1.54, 1.807) is 0 Å². The number of carboxylic acid groups (broad SMARTS) is 1. The smallest absolute Gasteiger partial charge is 0.435 e. The van der Waals surface area contributed by atoms with Gasteiger partial charge in [0.1, 0.15) is 10.6 Å². The maximum absolute atomic E-state index is 16.2. The van der Waals surface area contributed by atoms with Gasteiger partial charge in [-0.3, -0.25) is 9.59 Å². The Bertz CT molecular complexity index is 1660. The molecule has 0 bridgehead atoms. The number of anilines is 1. The van der Waals surface area contributed by atoms with Gasteiger partial charge in [0.15, 0.2) is 15.5 Å². The highest BCUT2D eigenvalue weighted by Crippen LogP contribution is 2.58. The van der Waals surface area contributed by atoms with E-state index in [9.17, 15) is 53.8 Å². The first-order valence-corrected chi connectivity index (χ1v) is 15.5. The van der Waals surface area contributed by atoms with Gasteiger partial charge >= 0.3 is 24.0 Å². The summed E-state index contributed by atoms with van der Waals surface area (Å²) >= 11 is 0. The van der Waals surface area contributed by atoms with Crippen molar-refractivity contribution >= 4 is 27.4 Å². The van der Waals surface area contributed by atoms with Crippen molar-refractivity contribution in [2.75, 3.05) is 25.0 Å². The molecule has 3 aliphatic rings. The fraction of sp³-hybridized carbons (Fsp3) is 0.517. The van der Waals surface area contributed by atoms with Gasteiger partial charge in [0, 0.05) is 31.4 Å². The summed E-state index contributed by atoms with van der Waals surface area (Å²) in [4.78, 5) is 26.5. The zero-order valence-electron chi connectivity index (χ0n) is 23.9. The van der Waals surface area contributed by atoms with Crippen molar-refractivity contribution in [2.45, 2.75) is 71.5 Å². The number of likely N-dealkylation sites (tertiary alicyclic amines) is 1. The molecule has 2 atom stereocenters. The third-order valence-corrected chi connectivity index (χ3v) is 12.0. The van der Waals surface area contributed by atoms with Crippen LogP contribution in [0.15, 0.2) is 47.4 Å². The Morgan fingerprint density at radius 1 is 0.935 bits per heavy atom. The van der Waals surface area contributed by atoms with Gasteiger partial charge in [0.05, 0.1) is 16.9 Å². The van der Waals surface area contributed by atoms with Crippen molar-refractivity contribution in [3.05, 3.63) is 59.4 Å². The third kappa shape index (κ3) is 4.82. The van der Waals surface area contributed by atoms with Crippen LogP contribution in [0.4, 0.5) is 45.2 Å². The highest BCUT2D eigenvalue weighted by molar-refractivity contribution is 7.92. The SMILES string of the molecule is CN1CC2N(C(=O)[C@]3(F)CC[C@@H](C(=O)O)CC3)CCC2(S(=O)(=O)c2cccc(F)c2)c2ccc(C(F)(C(F)(F)F)C(F)(F)F)cc21. The van der Waals surface area contributed by atoms with E-state index in [0.29, 0.717) is 12.1 Å². The van der Waals surface area contributed by atoms with Crippen LogP contribution in [-0.4, -0.2) is 74.5 Å². The molecule has 252 valence electrons. The Hall–Kier alpha value is -3.50. The van der Waals surface area contributed by atoms with Gasteiger partial charge in [-0.2, -0.15) is 26.3 Å².